The number of hydrogen-bond acceptors (Lipinski definition) is 4. The monoisotopic (exact) mass is 365 g/mol. The molecule has 0 bridgehead atoms. The Balaban J connectivity index is 1.49. The van der Waals surface area contributed by atoms with Crippen LogP contribution in [-0.2, 0) is 6.42 Å². The minimum Gasteiger partial charge on any atom is -0.354 e. The molecule has 0 fully saturated rings. The number of pyridine rings is 1. The Bertz CT molecular complexity index is 1190. The summed E-state index contributed by atoms with van der Waals surface area (Å²) in [5, 5.41) is 5.79. The van der Waals surface area contributed by atoms with E-state index in [0.717, 1.165) is 29.8 Å². The number of anilines is 1. The number of fused-ring (bicyclic) bond motifs is 3. The fraction of sp³-hybridized carbons (Fsp3) is 0.0870. The third-order valence-corrected chi connectivity index (χ3v) is 4.90. The van der Waals surface area contributed by atoms with Crippen LogP contribution in [0.25, 0.3) is 27.6 Å². The van der Waals surface area contributed by atoms with Crippen LogP contribution in [0.1, 0.15) is 5.56 Å². The van der Waals surface area contributed by atoms with Crippen molar-refractivity contribution in [2.75, 3.05) is 11.9 Å². The third-order valence-electron chi connectivity index (χ3n) is 4.90. The Labute approximate surface area is 162 Å². The first kappa shape index (κ1) is 16.4. The summed E-state index contributed by atoms with van der Waals surface area (Å²) in [6.07, 6.45) is 6.33. The van der Waals surface area contributed by atoms with E-state index >= 15 is 0 Å². The zero-order chi connectivity index (χ0) is 18.8. The maximum Gasteiger partial charge on any atom is 0.224 e. The van der Waals surface area contributed by atoms with Gasteiger partial charge in [-0.25, -0.2) is 4.98 Å². The molecule has 0 aliphatic rings. The maximum atomic E-state index is 4.78. The molecule has 0 saturated carbocycles. The molecule has 0 amide bonds. The van der Waals surface area contributed by atoms with E-state index in [2.05, 4.69) is 68.4 Å². The summed E-state index contributed by atoms with van der Waals surface area (Å²) in [6.45, 7) is 0.765. The van der Waals surface area contributed by atoms with Gasteiger partial charge in [0.1, 0.15) is 5.82 Å². The average molecular weight is 365 g/mol. The quantitative estimate of drug-likeness (QED) is 0.494. The van der Waals surface area contributed by atoms with E-state index in [1.807, 2.05) is 30.6 Å². The number of hydrogen-bond donors (Lipinski definition) is 1. The molecule has 5 aromatic rings. The first-order chi connectivity index (χ1) is 13.9. The summed E-state index contributed by atoms with van der Waals surface area (Å²) in [5.41, 5.74) is 3.52. The van der Waals surface area contributed by atoms with Gasteiger partial charge in [0.15, 0.2) is 0 Å². The van der Waals surface area contributed by atoms with Gasteiger partial charge in [0, 0.05) is 35.9 Å². The summed E-state index contributed by atoms with van der Waals surface area (Å²) in [6, 6.07) is 22.9. The molecule has 3 aromatic heterocycles. The minimum atomic E-state index is 0.633. The van der Waals surface area contributed by atoms with Crippen LogP contribution < -0.4 is 5.32 Å². The van der Waals surface area contributed by atoms with Gasteiger partial charge in [-0.1, -0.05) is 36.4 Å². The van der Waals surface area contributed by atoms with E-state index in [1.54, 1.807) is 6.20 Å². The highest BCUT2D eigenvalue weighted by molar-refractivity contribution is 6.09. The van der Waals surface area contributed by atoms with E-state index in [1.165, 1.54) is 16.3 Å². The molecule has 0 saturated heterocycles. The lowest BCUT2D eigenvalue weighted by Crippen LogP contribution is -2.09. The van der Waals surface area contributed by atoms with Gasteiger partial charge in [-0.3, -0.25) is 9.55 Å². The Hall–Kier alpha value is -3.73. The molecule has 0 atom stereocenters. The highest BCUT2D eigenvalue weighted by atomic mass is 15.2. The fourth-order valence-electron chi connectivity index (χ4n) is 3.60. The van der Waals surface area contributed by atoms with Crippen molar-refractivity contribution in [3.63, 3.8) is 0 Å². The summed E-state index contributed by atoms with van der Waals surface area (Å²) in [4.78, 5) is 13.2. The van der Waals surface area contributed by atoms with Crippen molar-refractivity contribution in [3.8, 4) is 5.82 Å². The molecule has 5 rings (SSSR count). The van der Waals surface area contributed by atoms with E-state index in [9.17, 15) is 0 Å². The maximum absolute atomic E-state index is 4.78. The second kappa shape index (κ2) is 7.12. The standard InChI is InChI=1S/C23H19N5/c1-3-7-20-18(5-1)19-6-2-4-8-21(19)28(20)22-12-16-26-23(27-22)25-15-11-17-9-13-24-14-10-17/h1-10,12-14,16H,11,15H2,(H,25,26,27). The largest absolute Gasteiger partial charge is 0.354 e. The van der Waals surface area contributed by atoms with Crippen molar-refractivity contribution in [2.45, 2.75) is 6.42 Å². The van der Waals surface area contributed by atoms with Gasteiger partial charge < -0.3 is 5.32 Å². The van der Waals surface area contributed by atoms with Crippen LogP contribution in [0, 0.1) is 0 Å². The second-order valence-corrected chi connectivity index (χ2v) is 6.64. The number of benzene rings is 2. The number of nitrogens with one attached hydrogen (secondary N) is 1. The van der Waals surface area contributed by atoms with E-state index in [-0.39, 0.29) is 0 Å². The van der Waals surface area contributed by atoms with Crippen LogP contribution in [0.3, 0.4) is 0 Å². The molecule has 136 valence electrons. The van der Waals surface area contributed by atoms with Crippen molar-refractivity contribution in [2.24, 2.45) is 0 Å². The predicted molar refractivity (Wildman–Crippen MR) is 113 cm³/mol. The average Bonchev–Trinajstić information content (AvgIpc) is 3.09. The number of para-hydroxylation sites is 2. The van der Waals surface area contributed by atoms with Crippen molar-refractivity contribution in [1.82, 2.24) is 19.5 Å². The van der Waals surface area contributed by atoms with Crippen LogP contribution in [-0.4, -0.2) is 26.1 Å². The summed E-state index contributed by atoms with van der Waals surface area (Å²) < 4.78 is 2.19. The molecule has 0 radical (unpaired) electrons. The molecule has 0 spiro atoms. The third kappa shape index (κ3) is 2.97. The first-order valence-corrected chi connectivity index (χ1v) is 9.34. The molecule has 0 aliphatic heterocycles. The summed E-state index contributed by atoms with van der Waals surface area (Å²) in [5.74, 6) is 1.49. The van der Waals surface area contributed by atoms with Crippen LogP contribution in [0.15, 0.2) is 85.3 Å². The predicted octanol–water partition coefficient (Wildman–Crippen LogP) is 4.62. The zero-order valence-corrected chi connectivity index (χ0v) is 15.3. The number of aromatic nitrogens is 4. The van der Waals surface area contributed by atoms with E-state index in [4.69, 9.17) is 4.98 Å². The molecule has 0 unspecified atom stereocenters. The Morgan fingerprint density at radius 2 is 1.43 bits per heavy atom. The SMILES string of the molecule is c1ccc2c(c1)c1ccccc1n2-c1ccnc(NCCc2ccncc2)n1. The molecule has 2 aromatic carbocycles. The van der Waals surface area contributed by atoms with Gasteiger partial charge in [0.2, 0.25) is 5.95 Å². The molecule has 5 heteroatoms. The summed E-state index contributed by atoms with van der Waals surface area (Å²) in [7, 11) is 0. The zero-order valence-electron chi connectivity index (χ0n) is 15.3. The van der Waals surface area contributed by atoms with Crippen LogP contribution >= 0.6 is 0 Å². The van der Waals surface area contributed by atoms with Gasteiger partial charge in [-0.15, -0.1) is 0 Å². The molecule has 5 nitrogen and oxygen atoms in total. The van der Waals surface area contributed by atoms with Crippen LogP contribution in [0.4, 0.5) is 5.95 Å². The van der Waals surface area contributed by atoms with Crippen LogP contribution in [0.5, 0.6) is 0 Å². The van der Waals surface area contributed by atoms with Crippen molar-refractivity contribution >= 4 is 27.8 Å². The van der Waals surface area contributed by atoms with Gasteiger partial charge in [0.05, 0.1) is 11.0 Å². The molecule has 3 heterocycles. The second-order valence-electron chi connectivity index (χ2n) is 6.64. The lowest BCUT2D eigenvalue weighted by atomic mass is 10.2. The van der Waals surface area contributed by atoms with Crippen LogP contribution in [0.2, 0.25) is 0 Å². The van der Waals surface area contributed by atoms with Gasteiger partial charge in [-0.05, 0) is 42.3 Å². The van der Waals surface area contributed by atoms with E-state index < -0.39 is 0 Å². The highest BCUT2D eigenvalue weighted by Gasteiger charge is 2.12. The Morgan fingerprint density at radius 1 is 0.750 bits per heavy atom. The topological polar surface area (TPSA) is 55.6 Å². The molecular formula is C23H19N5. The number of rotatable bonds is 5. The van der Waals surface area contributed by atoms with Crippen molar-refractivity contribution < 1.29 is 0 Å². The van der Waals surface area contributed by atoms with Gasteiger partial charge >= 0.3 is 0 Å². The normalized spacial score (nSPS) is 11.1. The first-order valence-electron chi connectivity index (χ1n) is 9.34. The van der Waals surface area contributed by atoms with Gasteiger partial charge in [-0.2, -0.15) is 4.98 Å². The molecular weight excluding hydrogens is 346 g/mol. The molecule has 0 aliphatic carbocycles. The fourth-order valence-corrected chi connectivity index (χ4v) is 3.60. The summed E-state index contributed by atoms with van der Waals surface area (Å²) >= 11 is 0. The number of nitrogens with zero attached hydrogens (tertiary/aromatic N) is 4. The highest BCUT2D eigenvalue weighted by Crippen LogP contribution is 2.31. The smallest absolute Gasteiger partial charge is 0.224 e. The molecule has 1 N–H and O–H groups in total. The molecule has 28 heavy (non-hydrogen) atoms. The Kier molecular flexibility index (Phi) is 4.18. The minimum absolute atomic E-state index is 0.633. The van der Waals surface area contributed by atoms with Crippen molar-refractivity contribution in [1.29, 1.82) is 0 Å². The Morgan fingerprint density at radius 3 is 2.14 bits per heavy atom. The van der Waals surface area contributed by atoms with E-state index in [0.29, 0.717) is 5.95 Å². The van der Waals surface area contributed by atoms with Gasteiger partial charge in [0.25, 0.3) is 0 Å². The lowest BCUT2D eigenvalue weighted by molar-refractivity contribution is 0.963. The van der Waals surface area contributed by atoms with Crippen molar-refractivity contribution in [3.05, 3.63) is 90.9 Å². The lowest BCUT2D eigenvalue weighted by Gasteiger charge is -2.09.